The van der Waals surface area contributed by atoms with E-state index >= 15 is 0 Å². The molecule has 0 aliphatic rings. The van der Waals surface area contributed by atoms with E-state index in [1.54, 1.807) is 6.92 Å². The van der Waals surface area contributed by atoms with E-state index in [9.17, 15) is 18.0 Å². The van der Waals surface area contributed by atoms with Crippen molar-refractivity contribution in [3.8, 4) is 5.75 Å². The monoisotopic (exact) mass is 306 g/mol. The highest BCUT2D eigenvalue weighted by atomic mass is 19.4. The standard InChI is InChI=1S/C13H17F3N2O3/c1-3-21-9-4-5-11(10(8-9)13(14,15)16)18-12(19)17-6-7-20-2/h4-5,8H,3,6-7H2,1-2H3,(H2,17,18,19). The van der Waals surface area contributed by atoms with Gasteiger partial charge in [0.1, 0.15) is 5.75 Å². The van der Waals surface area contributed by atoms with Gasteiger partial charge in [-0.25, -0.2) is 4.79 Å². The van der Waals surface area contributed by atoms with Gasteiger partial charge in [-0.3, -0.25) is 0 Å². The van der Waals surface area contributed by atoms with E-state index in [2.05, 4.69) is 10.6 Å². The minimum Gasteiger partial charge on any atom is -0.494 e. The van der Waals surface area contributed by atoms with Crippen LogP contribution in [0.2, 0.25) is 0 Å². The summed E-state index contributed by atoms with van der Waals surface area (Å²) >= 11 is 0. The van der Waals surface area contributed by atoms with Gasteiger partial charge in [0, 0.05) is 13.7 Å². The van der Waals surface area contributed by atoms with Gasteiger partial charge in [-0.15, -0.1) is 0 Å². The number of alkyl halides is 3. The van der Waals surface area contributed by atoms with Crippen molar-refractivity contribution >= 4 is 11.7 Å². The topological polar surface area (TPSA) is 59.6 Å². The number of urea groups is 1. The second-order valence-electron chi connectivity index (χ2n) is 4.01. The quantitative estimate of drug-likeness (QED) is 0.795. The number of ether oxygens (including phenoxy) is 2. The summed E-state index contributed by atoms with van der Waals surface area (Å²) in [6.07, 6.45) is -4.59. The van der Waals surface area contributed by atoms with Gasteiger partial charge in [0.25, 0.3) is 0 Å². The lowest BCUT2D eigenvalue weighted by Gasteiger charge is -2.15. The number of anilines is 1. The van der Waals surface area contributed by atoms with Gasteiger partial charge in [0.05, 0.1) is 24.5 Å². The fourth-order valence-electron chi connectivity index (χ4n) is 1.56. The molecule has 0 aromatic heterocycles. The Hall–Kier alpha value is -1.96. The maximum absolute atomic E-state index is 13.0. The van der Waals surface area contributed by atoms with Crippen molar-refractivity contribution in [2.75, 3.05) is 32.2 Å². The highest BCUT2D eigenvalue weighted by Gasteiger charge is 2.34. The Labute approximate surface area is 120 Å². The van der Waals surface area contributed by atoms with E-state index in [4.69, 9.17) is 9.47 Å². The van der Waals surface area contributed by atoms with Crippen LogP contribution in [0.1, 0.15) is 12.5 Å². The van der Waals surface area contributed by atoms with Crippen LogP contribution in [0, 0.1) is 0 Å². The Balaban J connectivity index is 2.87. The average molecular weight is 306 g/mol. The minimum absolute atomic E-state index is 0.0927. The van der Waals surface area contributed by atoms with Crippen LogP contribution >= 0.6 is 0 Å². The number of hydrogen-bond donors (Lipinski definition) is 2. The number of hydrogen-bond acceptors (Lipinski definition) is 3. The van der Waals surface area contributed by atoms with Crippen LogP contribution in [-0.2, 0) is 10.9 Å². The number of nitrogens with one attached hydrogen (secondary N) is 2. The van der Waals surface area contributed by atoms with Crippen LogP contribution < -0.4 is 15.4 Å². The predicted octanol–water partition coefficient (Wildman–Crippen LogP) is 2.87. The molecule has 5 nitrogen and oxygen atoms in total. The van der Waals surface area contributed by atoms with Gasteiger partial charge in [-0.2, -0.15) is 13.2 Å². The maximum Gasteiger partial charge on any atom is 0.418 e. The van der Waals surface area contributed by atoms with Gasteiger partial charge >= 0.3 is 12.2 Å². The van der Waals surface area contributed by atoms with Crippen LogP contribution in [-0.4, -0.2) is 32.9 Å². The molecule has 0 atom stereocenters. The predicted molar refractivity (Wildman–Crippen MR) is 71.5 cm³/mol. The minimum atomic E-state index is -4.59. The molecule has 2 N–H and O–H groups in total. The first kappa shape index (κ1) is 17.1. The summed E-state index contributed by atoms with van der Waals surface area (Å²) in [6.45, 7) is 2.38. The van der Waals surface area contributed by atoms with Crippen LogP contribution in [0.25, 0.3) is 0 Å². The summed E-state index contributed by atoms with van der Waals surface area (Å²) in [4.78, 5) is 11.5. The average Bonchev–Trinajstić information content (AvgIpc) is 2.40. The van der Waals surface area contributed by atoms with Crippen LogP contribution in [0.5, 0.6) is 5.75 Å². The lowest BCUT2D eigenvalue weighted by atomic mass is 10.1. The van der Waals surface area contributed by atoms with E-state index in [0.717, 1.165) is 12.1 Å². The molecule has 0 unspecified atom stereocenters. The summed E-state index contributed by atoms with van der Waals surface area (Å²) in [7, 11) is 1.45. The summed E-state index contributed by atoms with van der Waals surface area (Å²) in [6, 6.07) is 2.64. The Bertz CT molecular complexity index is 478. The number of carbonyl (C=O) groups is 1. The van der Waals surface area contributed by atoms with Gasteiger partial charge in [0.15, 0.2) is 0 Å². The second-order valence-corrected chi connectivity index (χ2v) is 4.01. The van der Waals surface area contributed by atoms with E-state index in [1.807, 2.05) is 0 Å². The Morgan fingerprint density at radius 3 is 2.62 bits per heavy atom. The molecule has 1 rings (SSSR count). The molecular formula is C13H17F3N2O3. The van der Waals surface area contributed by atoms with Gasteiger partial charge in [-0.05, 0) is 25.1 Å². The SMILES string of the molecule is CCOc1ccc(NC(=O)NCCOC)c(C(F)(F)F)c1. The zero-order valence-electron chi connectivity index (χ0n) is 11.7. The molecule has 1 aromatic rings. The fourth-order valence-corrected chi connectivity index (χ4v) is 1.56. The van der Waals surface area contributed by atoms with E-state index in [1.165, 1.54) is 13.2 Å². The smallest absolute Gasteiger partial charge is 0.418 e. The van der Waals surface area contributed by atoms with Gasteiger partial charge in [0.2, 0.25) is 0 Å². The van der Waals surface area contributed by atoms with E-state index < -0.39 is 17.8 Å². The van der Waals surface area contributed by atoms with Crippen molar-refractivity contribution in [3.63, 3.8) is 0 Å². The first-order valence-electron chi connectivity index (χ1n) is 6.26. The number of amides is 2. The number of methoxy groups -OCH3 is 1. The third-order valence-electron chi connectivity index (χ3n) is 2.45. The highest BCUT2D eigenvalue weighted by Crippen LogP contribution is 2.37. The van der Waals surface area contributed by atoms with Crippen molar-refractivity contribution < 1.29 is 27.4 Å². The molecule has 0 aliphatic heterocycles. The van der Waals surface area contributed by atoms with E-state index in [0.29, 0.717) is 0 Å². The zero-order valence-corrected chi connectivity index (χ0v) is 11.7. The molecule has 0 heterocycles. The summed E-state index contributed by atoms with van der Waals surface area (Å²) in [5.41, 5.74) is -1.30. The molecule has 2 amide bonds. The third kappa shape index (κ3) is 5.50. The maximum atomic E-state index is 13.0. The van der Waals surface area contributed by atoms with Crippen molar-refractivity contribution in [1.29, 1.82) is 0 Å². The molecule has 0 aliphatic carbocycles. The van der Waals surface area contributed by atoms with Crippen LogP contribution in [0.4, 0.5) is 23.7 Å². The van der Waals surface area contributed by atoms with Crippen molar-refractivity contribution in [3.05, 3.63) is 23.8 Å². The largest absolute Gasteiger partial charge is 0.494 e. The molecule has 1 aromatic carbocycles. The molecule has 21 heavy (non-hydrogen) atoms. The molecule has 0 saturated heterocycles. The summed E-state index contributed by atoms with van der Waals surface area (Å²) in [5.74, 6) is 0.0927. The van der Waals surface area contributed by atoms with Crippen molar-refractivity contribution in [1.82, 2.24) is 5.32 Å². The summed E-state index contributed by atoms with van der Waals surface area (Å²) < 4.78 is 48.7. The van der Waals surface area contributed by atoms with Crippen LogP contribution in [0.15, 0.2) is 18.2 Å². The lowest BCUT2D eigenvalue weighted by molar-refractivity contribution is -0.137. The Morgan fingerprint density at radius 1 is 1.33 bits per heavy atom. The molecular weight excluding hydrogens is 289 g/mol. The normalized spacial score (nSPS) is 11.1. The molecule has 0 fully saturated rings. The Kier molecular flexibility index (Phi) is 6.29. The highest BCUT2D eigenvalue weighted by molar-refractivity contribution is 5.90. The molecule has 0 saturated carbocycles. The molecule has 118 valence electrons. The first-order valence-corrected chi connectivity index (χ1v) is 6.26. The molecule has 0 spiro atoms. The Morgan fingerprint density at radius 2 is 2.05 bits per heavy atom. The van der Waals surface area contributed by atoms with Gasteiger partial charge in [-0.1, -0.05) is 0 Å². The zero-order chi connectivity index (χ0) is 15.9. The molecule has 0 radical (unpaired) electrons. The molecule has 0 bridgehead atoms. The van der Waals surface area contributed by atoms with E-state index in [-0.39, 0.29) is 31.2 Å². The van der Waals surface area contributed by atoms with Gasteiger partial charge < -0.3 is 20.1 Å². The number of benzene rings is 1. The second kappa shape index (κ2) is 7.72. The van der Waals surface area contributed by atoms with Crippen molar-refractivity contribution in [2.24, 2.45) is 0 Å². The third-order valence-corrected chi connectivity index (χ3v) is 2.45. The summed E-state index contributed by atoms with van der Waals surface area (Å²) in [5, 5.41) is 4.54. The fraction of sp³-hybridized carbons (Fsp3) is 0.462. The lowest BCUT2D eigenvalue weighted by Crippen LogP contribution is -2.32. The number of halogens is 3. The van der Waals surface area contributed by atoms with Crippen LogP contribution in [0.3, 0.4) is 0 Å². The first-order chi connectivity index (χ1) is 9.88. The number of carbonyl (C=O) groups excluding carboxylic acids is 1. The van der Waals surface area contributed by atoms with Crippen molar-refractivity contribution in [2.45, 2.75) is 13.1 Å². The molecule has 8 heteroatoms. The number of rotatable bonds is 6.